The highest BCUT2D eigenvalue weighted by atomic mass is 16.5. The molecular weight excluding hydrogens is 330 g/mol. The summed E-state index contributed by atoms with van der Waals surface area (Å²) in [5.74, 6) is 1.55. The maximum absolute atomic E-state index is 9.86. The minimum atomic E-state index is 0.260. The van der Waals surface area contributed by atoms with Gasteiger partial charge in [-0.25, -0.2) is 4.98 Å². The van der Waals surface area contributed by atoms with E-state index >= 15 is 0 Å². The highest BCUT2D eigenvalue weighted by Gasteiger charge is 2.17. The van der Waals surface area contributed by atoms with Gasteiger partial charge in [0.05, 0.1) is 25.6 Å². The lowest BCUT2D eigenvalue weighted by Gasteiger charge is -2.13. The molecule has 0 aliphatic rings. The van der Waals surface area contributed by atoms with Crippen LogP contribution in [0, 0.1) is 13.8 Å². The van der Waals surface area contributed by atoms with Crippen LogP contribution in [0.5, 0.6) is 17.2 Å². The third-order valence-electron chi connectivity index (χ3n) is 4.67. The highest BCUT2D eigenvalue weighted by Crippen LogP contribution is 2.40. The Morgan fingerprint density at radius 1 is 0.962 bits per heavy atom. The van der Waals surface area contributed by atoms with E-state index in [1.54, 1.807) is 20.3 Å². The van der Waals surface area contributed by atoms with E-state index in [0.717, 1.165) is 38.7 Å². The van der Waals surface area contributed by atoms with Gasteiger partial charge < -0.3 is 14.6 Å². The van der Waals surface area contributed by atoms with Crippen LogP contribution in [0.2, 0.25) is 0 Å². The van der Waals surface area contributed by atoms with E-state index in [1.165, 1.54) is 0 Å². The molecule has 2 N–H and O–H groups in total. The maximum atomic E-state index is 9.86. The molecule has 4 rings (SSSR count). The molecule has 0 atom stereocenters. The number of pyridine rings is 1. The second-order valence-corrected chi connectivity index (χ2v) is 6.25. The number of aryl methyl sites for hydroxylation is 2. The normalized spacial score (nSPS) is 11.2. The lowest BCUT2D eigenvalue weighted by molar-refractivity contribution is 0.356. The van der Waals surface area contributed by atoms with Crippen molar-refractivity contribution in [1.82, 2.24) is 15.2 Å². The van der Waals surface area contributed by atoms with Gasteiger partial charge in [0.15, 0.2) is 17.1 Å². The fraction of sp³-hybridized carbons (Fsp3) is 0.200. The Morgan fingerprint density at radius 2 is 1.65 bits per heavy atom. The van der Waals surface area contributed by atoms with Crippen molar-refractivity contribution >= 4 is 21.8 Å². The van der Waals surface area contributed by atoms with Crippen molar-refractivity contribution in [3.8, 4) is 28.5 Å². The lowest BCUT2D eigenvalue weighted by Crippen LogP contribution is -1.94. The van der Waals surface area contributed by atoms with Crippen LogP contribution in [0.25, 0.3) is 33.1 Å². The van der Waals surface area contributed by atoms with Crippen LogP contribution < -0.4 is 9.47 Å². The number of aromatic amines is 1. The number of benzene rings is 2. The predicted molar refractivity (Wildman–Crippen MR) is 101 cm³/mol. The Balaban J connectivity index is 2.15. The number of rotatable bonds is 3. The van der Waals surface area contributed by atoms with E-state index < -0.39 is 0 Å². The van der Waals surface area contributed by atoms with Crippen LogP contribution in [-0.4, -0.2) is 34.5 Å². The van der Waals surface area contributed by atoms with Crippen molar-refractivity contribution in [2.75, 3.05) is 14.2 Å². The monoisotopic (exact) mass is 349 g/mol. The van der Waals surface area contributed by atoms with Gasteiger partial charge in [-0.1, -0.05) is 0 Å². The van der Waals surface area contributed by atoms with Crippen LogP contribution in [0.4, 0.5) is 0 Å². The number of H-pyrrole nitrogens is 1. The van der Waals surface area contributed by atoms with E-state index in [1.807, 2.05) is 38.1 Å². The zero-order chi connectivity index (χ0) is 18.4. The molecule has 6 heteroatoms. The average Bonchev–Trinajstić information content (AvgIpc) is 3.03. The standard InChI is InChI=1S/C20H19N3O3/c1-10-7-12(5-6-15(10)24)19-14-9-17(26-4)16(25-3)8-13(14)18-11(2)22-23-20(18)21-19/h5-9,24H,1-4H3,(H,21,22,23). The van der Waals surface area contributed by atoms with E-state index in [9.17, 15) is 5.11 Å². The third-order valence-corrected chi connectivity index (χ3v) is 4.67. The number of phenols is 1. The molecule has 0 aliphatic carbocycles. The molecule has 26 heavy (non-hydrogen) atoms. The number of aromatic hydroxyl groups is 1. The summed E-state index contributed by atoms with van der Waals surface area (Å²) in [5, 5.41) is 20.0. The molecule has 0 bridgehead atoms. The largest absolute Gasteiger partial charge is 0.508 e. The molecule has 132 valence electrons. The molecule has 6 nitrogen and oxygen atoms in total. The zero-order valence-corrected chi connectivity index (χ0v) is 15.0. The molecule has 2 aromatic carbocycles. The summed E-state index contributed by atoms with van der Waals surface area (Å²) in [6.45, 7) is 3.81. The van der Waals surface area contributed by atoms with Crippen molar-refractivity contribution in [2.24, 2.45) is 0 Å². The van der Waals surface area contributed by atoms with Gasteiger partial charge in [-0.3, -0.25) is 5.10 Å². The smallest absolute Gasteiger partial charge is 0.161 e. The Kier molecular flexibility index (Phi) is 3.68. The number of methoxy groups -OCH3 is 2. The van der Waals surface area contributed by atoms with Gasteiger partial charge in [0.25, 0.3) is 0 Å². The SMILES string of the molecule is COc1cc2c(-c3ccc(O)c(C)c3)nc3[nH]nc(C)c3c2cc1OC. The van der Waals surface area contributed by atoms with Gasteiger partial charge in [-0.15, -0.1) is 0 Å². The van der Waals surface area contributed by atoms with Crippen molar-refractivity contribution in [3.05, 3.63) is 41.6 Å². The predicted octanol–water partition coefficient (Wildman–Crippen LogP) is 4.12. The summed E-state index contributed by atoms with van der Waals surface area (Å²) < 4.78 is 11.0. The zero-order valence-electron chi connectivity index (χ0n) is 15.0. The molecule has 0 radical (unpaired) electrons. The Labute approximate surface area is 150 Å². The molecule has 0 fully saturated rings. The second kappa shape index (κ2) is 5.91. The second-order valence-electron chi connectivity index (χ2n) is 6.25. The number of hydrogen-bond donors (Lipinski definition) is 2. The summed E-state index contributed by atoms with van der Waals surface area (Å²) >= 11 is 0. The van der Waals surface area contributed by atoms with Crippen molar-refractivity contribution in [3.63, 3.8) is 0 Å². The summed E-state index contributed by atoms with van der Waals surface area (Å²) in [4.78, 5) is 4.80. The van der Waals surface area contributed by atoms with Gasteiger partial charge in [0.2, 0.25) is 0 Å². The fourth-order valence-corrected chi connectivity index (χ4v) is 3.30. The first-order valence-electron chi connectivity index (χ1n) is 8.24. The van der Waals surface area contributed by atoms with Crippen LogP contribution in [0.3, 0.4) is 0 Å². The Hall–Kier alpha value is -3.28. The number of nitrogens with zero attached hydrogens (tertiary/aromatic N) is 2. The number of ether oxygens (including phenoxy) is 2. The average molecular weight is 349 g/mol. The molecule has 0 amide bonds. The molecule has 0 unspecified atom stereocenters. The minimum absolute atomic E-state index is 0.260. The van der Waals surface area contributed by atoms with E-state index in [-0.39, 0.29) is 5.75 Å². The van der Waals surface area contributed by atoms with Crippen LogP contribution in [-0.2, 0) is 0 Å². The third kappa shape index (κ3) is 2.34. The first kappa shape index (κ1) is 16.2. The van der Waals surface area contributed by atoms with Crippen molar-refractivity contribution < 1.29 is 14.6 Å². The summed E-state index contributed by atoms with van der Waals surface area (Å²) in [6, 6.07) is 9.35. The molecule has 4 aromatic rings. The van der Waals surface area contributed by atoms with Gasteiger partial charge in [-0.05, 0) is 49.7 Å². The maximum Gasteiger partial charge on any atom is 0.161 e. The van der Waals surface area contributed by atoms with E-state index in [0.29, 0.717) is 17.1 Å². The molecule has 0 saturated heterocycles. The van der Waals surface area contributed by atoms with Gasteiger partial charge in [0.1, 0.15) is 5.75 Å². The van der Waals surface area contributed by atoms with Crippen LogP contribution in [0.1, 0.15) is 11.3 Å². The molecule has 0 spiro atoms. The van der Waals surface area contributed by atoms with Crippen molar-refractivity contribution in [2.45, 2.75) is 13.8 Å². The first-order valence-corrected chi connectivity index (χ1v) is 8.24. The number of aromatic nitrogens is 3. The molecule has 2 aromatic heterocycles. The lowest BCUT2D eigenvalue weighted by atomic mass is 9.99. The Bertz CT molecular complexity index is 1150. The summed E-state index contributed by atoms with van der Waals surface area (Å²) in [5.41, 5.74) is 4.08. The number of phenolic OH excluding ortho intramolecular Hbond substituents is 1. The topological polar surface area (TPSA) is 80.3 Å². The Morgan fingerprint density at radius 3 is 2.31 bits per heavy atom. The van der Waals surface area contributed by atoms with E-state index in [4.69, 9.17) is 14.5 Å². The summed E-state index contributed by atoms with van der Waals surface area (Å²) in [6.07, 6.45) is 0. The van der Waals surface area contributed by atoms with Crippen LogP contribution in [0.15, 0.2) is 30.3 Å². The molecule has 0 saturated carbocycles. The van der Waals surface area contributed by atoms with Crippen molar-refractivity contribution in [1.29, 1.82) is 0 Å². The number of hydrogen-bond acceptors (Lipinski definition) is 5. The van der Waals surface area contributed by atoms with Gasteiger partial charge >= 0.3 is 0 Å². The number of nitrogens with one attached hydrogen (secondary N) is 1. The highest BCUT2D eigenvalue weighted by molar-refractivity contribution is 6.12. The van der Waals surface area contributed by atoms with Gasteiger partial charge in [0, 0.05) is 21.7 Å². The first-order chi connectivity index (χ1) is 12.5. The van der Waals surface area contributed by atoms with E-state index in [2.05, 4.69) is 10.2 Å². The number of fused-ring (bicyclic) bond motifs is 3. The molecule has 0 aliphatic heterocycles. The minimum Gasteiger partial charge on any atom is -0.508 e. The van der Waals surface area contributed by atoms with Gasteiger partial charge in [-0.2, -0.15) is 5.10 Å². The summed E-state index contributed by atoms with van der Waals surface area (Å²) in [7, 11) is 3.23. The quantitative estimate of drug-likeness (QED) is 0.581. The molecular formula is C20H19N3O3. The fourth-order valence-electron chi connectivity index (χ4n) is 3.30. The van der Waals surface area contributed by atoms with Crippen LogP contribution >= 0.6 is 0 Å². The molecule has 2 heterocycles.